The lowest BCUT2D eigenvalue weighted by Crippen LogP contribution is -2.14. The summed E-state index contributed by atoms with van der Waals surface area (Å²) in [5.74, 6) is -0.233. The number of para-hydroxylation sites is 1. The molecule has 0 fully saturated rings. The van der Waals surface area contributed by atoms with Crippen LogP contribution in [0.4, 0.5) is 33.0 Å². The van der Waals surface area contributed by atoms with Crippen molar-refractivity contribution in [3.05, 3.63) is 115 Å². The molecular formula is C27H20FN5O. The van der Waals surface area contributed by atoms with E-state index in [2.05, 4.69) is 25.9 Å². The minimum absolute atomic E-state index is 0.246. The highest BCUT2D eigenvalue weighted by molar-refractivity contribution is 6.03. The van der Waals surface area contributed by atoms with E-state index in [1.165, 1.54) is 12.1 Å². The lowest BCUT2D eigenvalue weighted by molar-refractivity contribution is 0.102. The van der Waals surface area contributed by atoms with Gasteiger partial charge >= 0.3 is 0 Å². The number of aromatic nitrogens is 2. The predicted molar refractivity (Wildman–Crippen MR) is 133 cm³/mol. The highest BCUT2D eigenvalue weighted by Crippen LogP contribution is 2.25. The van der Waals surface area contributed by atoms with Crippen LogP contribution in [0, 0.1) is 5.82 Å². The summed E-state index contributed by atoms with van der Waals surface area (Å²) in [6.45, 7) is 0. The van der Waals surface area contributed by atoms with Crippen LogP contribution >= 0.6 is 0 Å². The zero-order chi connectivity index (χ0) is 23.3. The molecule has 2 aromatic heterocycles. The monoisotopic (exact) mass is 449 g/mol. The second kappa shape index (κ2) is 9.38. The Bertz CT molecular complexity index is 1470. The summed E-state index contributed by atoms with van der Waals surface area (Å²) in [5.41, 5.74) is 4.00. The van der Waals surface area contributed by atoms with Crippen molar-refractivity contribution in [1.29, 1.82) is 0 Å². The van der Waals surface area contributed by atoms with Crippen molar-refractivity contribution in [3.63, 3.8) is 0 Å². The van der Waals surface area contributed by atoms with Crippen LogP contribution in [0.2, 0.25) is 0 Å². The number of anilines is 5. The molecule has 166 valence electrons. The van der Waals surface area contributed by atoms with Gasteiger partial charge in [0.05, 0.1) is 11.2 Å². The normalized spacial score (nSPS) is 10.6. The number of pyridine rings is 2. The van der Waals surface area contributed by atoms with Gasteiger partial charge in [0.1, 0.15) is 17.3 Å². The molecule has 0 aliphatic rings. The second-order valence-corrected chi connectivity index (χ2v) is 7.58. The first kappa shape index (κ1) is 21.1. The van der Waals surface area contributed by atoms with Crippen molar-refractivity contribution in [3.8, 4) is 0 Å². The fraction of sp³-hybridized carbons (Fsp3) is 0. The van der Waals surface area contributed by atoms with Gasteiger partial charge in [0, 0.05) is 28.6 Å². The zero-order valence-corrected chi connectivity index (χ0v) is 18.0. The summed E-state index contributed by atoms with van der Waals surface area (Å²) in [4.78, 5) is 21.5. The Kier molecular flexibility index (Phi) is 5.82. The van der Waals surface area contributed by atoms with Crippen molar-refractivity contribution >= 4 is 45.4 Å². The topological polar surface area (TPSA) is 78.9 Å². The fourth-order valence-corrected chi connectivity index (χ4v) is 3.55. The Balaban J connectivity index is 1.33. The lowest BCUT2D eigenvalue weighted by Gasteiger charge is -2.11. The van der Waals surface area contributed by atoms with Crippen LogP contribution in [0.15, 0.2) is 103 Å². The van der Waals surface area contributed by atoms with E-state index >= 15 is 0 Å². The van der Waals surface area contributed by atoms with Gasteiger partial charge in [0.15, 0.2) is 0 Å². The predicted octanol–water partition coefficient (Wildman–Crippen LogP) is 6.51. The maximum absolute atomic E-state index is 13.8. The molecule has 0 saturated carbocycles. The molecular weight excluding hydrogens is 429 g/mol. The van der Waals surface area contributed by atoms with Gasteiger partial charge in [-0.1, -0.05) is 30.3 Å². The van der Waals surface area contributed by atoms with Gasteiger partial charge in [-0.15, -0.1) is 0 Å². The Hall–Kier alpha value is -4.78. The SMILES string of the molecule is O=C(Nc1cccc(Nc2ccccc2)c1)c1cccc(Nc2ccnc3ccc(F)cc23)n1. The smallest absolute Gasteiger partial charge is 0.274 e. The number of rotatable bonds is 6. The molecule has 5 aromatic rings. The van der Waals surface area contributed by atoms with Crippen LogP contribution in [0.3, 0.4) is 0 Å². The fourth-order valence-electron chi connectivity index (χ4n) is 3.55. The van der Waals surface area contributed by atoms with Gasteiger partial charge in [0.2, 0.25) is 0 Å². The number of amides is 1. The molecule has 0 atom stereocenters. The molecule has 2 heterocycles. The number of nitrogens with zero attached hydrogens (tertiary/aromatic N) is 2. The lowest BCUT2D eigenvalue weighted by atomic mass is 10.2. The molecule has 1 amide bonds. The number of hydrogen-bond donors (Lipinski definition) is 3. The molecule has 3 N–H and O–H groups in total. The molecule has 6 nitrogen and oxygen atoms in total. The Labute approximate surface area is 195 Å². The Morgan fingerprint density at radius 1 is 0.735 bits per heavy atom. The summed E-state index contributed by atoms with van der Waals surface area (Å²) in [5, 5.41) is 9.98. The van der Waals surface area contributed by atoms with Crippen molar-refractivity contribution in [2.24, 2.45) is 0 Å². The number of hydrogen-bond acceptors (Lipinski definition) is 5. The third-order valence-electron chi connectivity index (χ3n) is 5.13. The first-order valence-corrected chi connectivity index (χ1v) is 10.7. The number of nitrogens with one attached hydrogen (secondary N) is 3. The van der Waals surface area contributed by atoms with Crippen LogP contribution < -0.4 is 16.0 Å². The van der Waals surface area contributed by atoms with E-state index in [4.69, 9.17) is 0 Å². The number of carbonyl (C=O) groups excluding carboxylic acids is 1. The molecule has 0 unspecified atom stereocenters. The summed E-state index contributed by atoms with van der Waals surface area (Å²) in [7, 11) is 0. The molecule has 7 heteroatoms. The Morgan fingerprint density at radius 2 is 1.53 bits per heavy atom. The van der Waals surface area contributed by atoms with Crippen molar-refractivity contribution in [1.82, 2.24) is 9.97 Å². The minimum Gasteiger partial charge on any atom is -0.355 e. The quantitative estimate of drug-likeness (QED) is 0.275. The van der Waals surface area contributed by atoms with E-state index in [0.29, 0.717) is 28.1 Å². The zero-order valence-electron chi connectivity index (χ0n) is 18.0. The average Bonchev–Trinajstić information content (AvgIpc) is 2.85. The molecule has 0 radical (unpaired) electrons. The number of halogens is 1. The van der Waals surface area contributed by atoms with E-state index < -0.39 is 0 Å². The molecule has 0 bridgehead atoms. The first-order chi connectivity index (χ1) is 16.6. The highest BCUT2D eigenvalue weighted by Gasteiger charge is 2.11. The van der Waals surface area contributed by atoms with E-state index in [0.717, 1.165) is 11.4 Å². The van der Waals surface area contributed by atoms with Crippen LogP contribution in [-0.4, -0.2) is 15.9 Å². The van der Waals surface area contributed by atoms with Gasteiger partial charge in [-0.3, -0.25) is 9.78 Å². The number of carbonyl (C=O) groups is 1. The van der Waals surface area contributed by atoms with Gasteiger partial charge in [-0.2, -0.15) is 0 Å². The minimum atomic E-state index is -0.353. The molecule has 0 aliphatic heterocycles. The van der Waals surface area contributed by atoms with Crippen LogP contribution in [-0.2, 0) is 0 Å². The largest absolute Gasteiger partial charge is 0.355 e. The molecule has 3 aromatic carbocycles. The van der Waals surface area contributed by atoms with Crippen LogP contribution in [0.5, 0.6) is 0 Å². The van der Waals surface area contributed by atoms with E-state index in [1.54, 1.807) is 36.5 Å². The van der Waals surface area contributed by atoms with Crippen molar-refractivity contribution < 1.29 is 9.18 Å². The maximum atomic E-state index is 13.8. The standard InChI is InChI=1S/C27H20FN5O/c28-18-12-13-23-22(16-18)24(14-15-29-23)32-26-11-5-10-25(33-26)27(34)31-21-9-4-8-20(17-21)30-19-6-2-1-3-7-19/h1-17,30H,(H,31,34)(H,29,32,33). The van der Waals surface area contributed by atoms with Gasteiger partial charge in [0.25, 0.3) is 5.91 Å². The van der Waals surface area contributed by atoms with E-state index in [9.17, 15) is 9.18 Å². The summed E-state index contributed by atoms with van der Waals surface area (Å²) >= 11 is 0. The summed E-state index contributed by atoms with van der Waals surface area (Å²) in [6, 6.07) is 28.5. The third-order valence-corrected chi connectivity index (χ3v) is 5.13. The number of fused-ring (bicyclic) bond motifs is 1. The number of benzene rings is 3. The second-order valence-electron chi connectivity index (χ2n) is 7.58. The van der Waals surface area contributed by atoms with Gasteiger partial charge in [-0.05, 0) is 66.7 Å². The van der Waals surface area contributed by atoms with Gasteiger partial charge < -0.3 is 16.0 Å². The molecule has 0 saturated heterocycles. The van der Waals surface area contributed by atoms with Gasteiger partial charge in [-0.25, -0.2) is 9.37 Å². The van der Waals surface area contributed by atoms with Crippen LogP contribution in [0.25, 0.3) is 10.9 Å². The highest BCUT2D eigenvalue weighted by atomic mass is 19.1. The summed E-state index contributed by atoms with van der Waals surface area (Å²) in [6.07, 6.45) is 1.63. The van der Waals surface area contributed by atoms with E-state index in [-0.39, 0.29) is 17.4 Å². The molecule has 0 spiro atoms. The molecule has 5 rings (SSSR count). The summed E-state index contributed by atoms with van der Waals surface area (Å²) < 4.78 is 13.8. The van der Waals surface area contributed by atoms with Crippen LogP contribution in [0.1, 0.15) is 10.5 Å². The van der Waals surface area contributed by atoms with Crippen molar-refractivity contribution in [2.75, 3.05) is 16.0 Å². The van der Waals surface area contributed by atoms with E-state index in [1.807, 2.05) is 54.6 Å². The maximum Gasteiger partial charge on any atom is 0.274 e. The third kappa shape index (κ3) is 4.83. The van der Waals surface area contributed by atoms with Crippen molar-refractivity contribution in [2.45, 2.75) is 0 Å². The molecule has 34 heavy (non-hydrogen) atoms. The molecule has 0 aliphatic carbocycles. The Morgan fingerprint density at radius 3 is 2.41 bits per heavy atom. The average molecular weight is 449 g/mol. The first-order valence-electron chi connectivity index (χ1n) is 10.7.